The van der Waals surface area contributed by atoms with Crippen LogP contribution in [0.25, 0.3) is 0 Å². The van der Waals surface area contributed by atoms with Crippen molar-refractivity contribution < 1.29 is 19.1 Å². The van der Waals surface area contributed by atoms with Crippen LogP contribution in [0.3, 0.4) is 0 Å². The number of ketones is 1. The molecule has 1 fully saturated rings. The molecule has 2 aromatic carbocycles. The minimum atomic E-state index is -0.604. The third-order valence-electron chi connectivity index (χ3n) is 3.89. The van der Waals surface area contributed by atoms with E-state index in [4.69, 9.17) is 16.3 Å². The maximum Gasteiger partial charge on any atom is 0.316 e. The highest BCUT2D eigenvalue weighted by molar-refractivity contribution is 6.67. The first kappa shape index (κ1) is 18.9. The van der Waals surface area contributed by atoms with Crippen molar-refractivity contribution >= 4 is 28.6 Å². The van der Waals surface area contributed by atoms with Gasteiger partial charge >= 0.3 is 5.97 Å². The summed E-state index contributed by atoms with van der Waals surface area (Å²) in [6.07, 6.45) is 1.89. The van der Waals surface area contributed by atoms with Gasteiger partial charge in [-0.15, -0.1) is 0 Å². The maximum atomic E-state index is 12.1. The van der Waals surface area contributed by atoms with Gasteiger partial charge in [0, 0.05) is 11.1 Å². The minimum absolute atomic E-state index is 0.116. The van der Waals surface area contributed by atoms with Gasteiger partial charge in [-0.25, -0.2) is 0 Å². The van der Waals surface area contributed by atoms with Crippen LogP contribution >= 0.6 is 11.6 Å². The van der Waals surface area contributed by atoms with Crippen molar-refractivity contribution in [2.75, 3.05) is 7.11 Å². The lowest BCUT2D eigenvalue weighted by molar-refractivity contribution is -0.144. The molecule has 0 amide bonds. The van der Waals surface area contributed by atoms with E-state index in [0.29, 0.717) is 11.1 Å². The summed E-state index contributed by atoms with van der Waals surface area (Å²) < 4.78 is 4.70. The Kier molecular flexibility index (Phi) is 6.90. The van der Waals surface area contributed by atoms with E-state index in [1.54, 1.807) is 48.5 Å². The molecule has 2 aromatic rings. The number of benzene rings is 2. The molecule has 0 aliphatic heterocycles. The summed E-state index contributed by atoms with van der Waals surface area (Å²) >= 11 is 5.16. The molecular formula is C20H19ClO4. The van der Waals surface area contributed by atoms with Crippen molar-refractivity contribution in [3.8, 4) is 0 Å². The van der Waals surface area contributed by atoms with Crippen LogP contribution in [0.4, 0.5) is 0 Å². The zero-order valence-electron chi connectivity index (χ0n) is 13.9. The monoisotopic (exact) mass is 358 g/mol. The van der Waals surface area contributed by atoms with Crippen LogP contribution in [0.5, 0.6) is 0 Å². The Morgan fingerprint density at radius 1 is 0.920 bits per heavy atom. The normalized spacial score (nSPS) is 13.8. The molecule has 0 saturated heterocycles. The first-order chi connectivity index (χ1) is 12.0. The third-order valence-corrected chi connectivity index (χ3v) is 4.11. The molecule has 5 heteroatoms. The predicted octanol–water partition coefficient (Wildman–Crippen LogP) is 4.13. The lowest BCUT2D eigenvalue weighted by atomic mass is 9.93. The second kappa shape index (κ2) is 9.14. The van der Waals surface area contributed by atoms with Crippen LogP contribution in [0.15, 0.2) is 60.7 Å². The lowest BCUT2D eigenvalue weighted by Gasteiger charge is -2.12. The summed E-state index contributed by atoms with van der Waals surface area (Å²) in [5.41, 5.74) is 1.13. The third kappa shape index (κ3) is 5.54. The number of carbonyl (C=O) groups is 3. The Morgan fingerprint density at radius 2 is 1.40 bits per heavy atom. The van der Waals surface area contributed by atoms with E-state index in [2.05, 4.69) is 0 Å². The highest BCUT2D eigenvalue weighted by Gasteiger charge is 2.42. The summed E-state index contributed by atoms with van der Waals surface area (Å²) in [4.78, 5) is 34.1. The fourth-order valence-corrected chi connectivity index (χ4v) is 2.55. The van der Waals surface area contributed by atoms with Gasteiger partial charge in [0.25, 0.3) is 5.24 Å². The van der Waals surface area contributed by atoms with E-state index in [-0.39, 0.29) is 11.7 Å². The van der Waals surface area contributed by atoms with Crippen LogP contribution in [-0.2, 0) is 9.53 Å². The van der Waals surface area contributed by atoms with Crippen molar-refractivity contribution in [1.29, 1.82) is 0 Å². The smallest absolute Gasteiger partial charge is 0.316 e. The van der Waals surface area contributed by atoms with Gasteiger partial charge in [-0.2, -0.15) is 0 Å². The van der Waals surface area contributed by atoms with Crippen LogP contribution < -0.4 is 0 Å². The summed E-state index contributed by atoms with van der Waals surface area (Å²) in [6, 6.07) is 17.7. The van der Waals surface area contributed by atoms with Crippen LogP contribution in [0, 0.1) is 11.8 Å². The van der Waals surface area contributed by atoms with Crippen molar-refractivity contribution in [2.45, 2.75) is 12.8 Å². The van der Waals surface area contributed by atoms with Crippen LogP contribution in [0.1, 0.15) is 33.6 Å². The molecule has 25 heavy (non-hydrogen) atoms. The number of esters is 1. The SMILES string of the molecule is COC(=O)C(C(=O)c1ccccc1)C1CC1.O=C(Cl)c1ccccc1. The molecule has 0 radical (unpaired) electrons. The van der Waals surface area contributed by atoms with Gasteiger partial charge in [-0.1, -0.05) is 60.7 Å². The van der Waals surface area contributed by atoms with Crippen LogP contribution in [0.2, 0.25) is 0 Å². The number of carbonyl (C=O) groups excluding carboxylic acids is 3. The molecule has 0 heterocycles. The van der Waals surface area contributed by atoms with Gasteiger partial charge < -0.3 is 4.74 Å². The number of methoxy groups -OCH3 is 1. The molecule has 0 aromatic heterocycles. The quantitative estimate of drug-likeness (QED) is 0.349. The number of rotatable bonds is 5. The fraction of sp³-hybridized carbons (Fsp3) is 0.250. The summed E-state index contributed by atoms with van der Waals surface area (Å²) in [5.74, 6) is -0.946. The molecule has 4 nitrogen and oxygen atoms in total. The number of ether oxygens (including phenoxy) is 1. The zero-order valence-corrected chi connectivity index (χ0v) is 14.6. The summed E-state index contributed by atoms with van der Waals surface area (Å²) in [7, 11) is 1.33. The molecule has 130 valence electrons. The second-order valence-corrected chi connectivity index (χ2v) is 6.05. The van der Waals surface area contributed by atoms with E-state index < -0.39 is 17.1 Å². The molecule has 0 bridgehead atoms. The van der Waals surface area contributed by atoms with Crippen molar-refractivity contribution in [1.82, 2.24) is 0 Å². The summed E-state index contributed by atoms with van der Waals surface area (Å²) in [6.45, 7) is 0. The molecule has 1 atom stereocenters. The van der Waals surface area contributed by atoms with E-state index in [9.17, 15) is 14.4 Å². The fourth-order valence-electron chi connectivity index (χ4n) is 2.42. The van der Waals surface area contributed by atoms with E-state index >= 15 is 0 Å². The van der Waals surface area contributed by atoms with E-state index in [1.807, 2.05) is 12.1 Å². The Hall–Kier alpha value is -2.46. The standard InChI is InChI=1S/C13H14O3.C7H5ClO/c1-16-13(15)11(9-7-8-9)12(14)10-5-3-2-4-6-10;8-7(9)6-4-2-1-3-5-6/h2-6,9,11H,7-8H2,1H3;1-5H. The molecule has 1 saturated carbocycles. The highest BCUT2D eigenvalue weighted by Crippen LogP contribution is 2.39. The van der Waals surface area contributed by atoms with Crippen molar-refractivity contribution in [3.63, 3.8) is 0 Å². The van der Waals surface area contributed by atoms with Gasteiger partial charge in [-0.3, -0.25) is 14.4 Å². The predicted molar refractivity (Wildman–Crippen MR) is 95.6 cm³/mol. The maximum absolute atomic E-state index is 12.1. The van der Waals surface area contributed by atoms with Gasteiger partial charge in [0.1, 0.15) is 5.92 Å². The number of hydrogen-bond acceptors (Lipinski definition) is 4. The second-order valence-electron chi connectivity index (χ2n) is 5.71. The Labute approximate surface area is 151 Å². The summed E-state index contributed by atoms with van der Waals surface area (Å²) in [5, 5.41) is -0.407. The van der Waals surface area contributed by atoms with Crippen LogP contribution in [-0.4, -0.2) is 24.1 Å². The molecule has 1 unspecified atom stereocenters. The average molecular weight is 359 g/mol. The number of halogens is 1. The van der Waals surface area contributed by atoms with Gasteiger partial charge in [0.2, 0.25) is 0 Å². The molecule has 3 rings (SSSR count). The zero-order chi connectivity index (χ0) is 18.2. The minimum Gasteiger partial charge on any atom is -0.468 e. The molecule has 0 spiro atoms. The van der Waals surface area contributed by atoms with Crippen molar-refractivity contribution in [2.24, 2.45) is 11.8 Å². The largest absolute Gasteiger partial charge is 0.468 e. The molecule has 1 aliphatic carbocycles. The highest BCUT2D eigenvalue weighted by atomic mass is 35.5. The Bertz CT molecular complexity index is 724. The molecule has 0 N–H and O–H groups in total. The van der Waals surface area contributed by atoms with Gasteiger partial charge in [0.15, 0.2) is 5.78 Å². The Morgan fingerprint density at radius 3 is 1.76 bits per heavy atom. The Balaban J connectivity index is 0.000000212. The number of Topliss-reactive ketones (excluding diaryl/α,β-unsaturated/α-hetero) is 1. The topological polar surface area (TPSA) is 60.4 Å². The van der Waals surface area contributed by atoms with Gasteiger partial charge in [-0.05, 0) is 30.4 Å². The van der Waals surface area contributed by atoms with Gasteiger partial charge in [0.05, 0.1) is 7.11 Å². The van der Waals surface area contributed by atoms with E-state index in [0.717, 1.165) is 12.8 Å². The average Bonchev–Trinajstić information content (AvgIpc) is 3.48. The first-order valence-corrected chi connectivity index (χ1v) is 8.34. The lowest BCUT2D eigenvalue weighted by Crippen LogP contribution is -2.27. The first-order valence-electron chi connectivity index (χ1n) is 7.96. The van der Waals surface area contributed by atoms with Crippen molar-refractivity contribution in [3.05, 3.63) is 71.8 Å². The molecular weight excluding hydrogens is 340 g/mol. The number of hydrogen-bond donors (Lipinski definition) is 0. The van der Waals surface area contributed by atoms with E-state index in [1.165, 1.54) is 7.11 Å². The molecule has 1 aliphatic rings.